The summed E-state index contributed by atoms with van der Waals surface area (Å²) in [6, 6.07) is 16.6. The third kappa shape index (κ3) is 4.77. The minimum atomic E-state index is -0.581. The Morgan fingerprint density at radius 3 is 2.53 bits per heavy atom. The van der Waals surface area contributed by atoms with Crippen LogP contribution in [0, 0.1) is 23.1 Å². The monoisotopic (exact) mass is 486 g/mol. The van der Waals surface area contributed by atoms with Gasteiger partial charge in [-0.05, 0) is 66.9 Å². The number of nitriles is 1. The predicted octanol–water partition coefficient (Wildman–Crippen LogP) is 4.15. The Morgan fingerprint density at radius 2 is 1.75 bits per heavy atom. The second-order valence-electron chi connectivity index (χ2n) is 9.00. The van der Waals surface area contributed by atoms with E-state index < -0.39 is 6.03 Å². The standard InChI is InChI=1S/C26H23FN6O3/c27-19-4-6-20(7-5-19)30-26(36)32-13-17-10-18(15-32)23-9-8-22(24(34)33(23)14-17)31-25(35)29-21-3-1-2-16(11-21)12-28/h1-9,11,17-18H,10,13-15H2,(H,30,36)(H2,29,31,35)/t17-,18+/m0/s1. The molecule has 2 aliphatic heterocycles. The summed E-state index contributed by atoms with van der Waals surface area (Å²) < 4.78 is 14.8. The van der Waals surface area contributed by atoms with Crippen molar-refractivity contribution in [3.05, 3.63) is 88.1 Å². The van der Waals surface area contributed by atoms with Crippen LogP contribution in [0.4, 0.5) is 31.0 Å². The van der Waals surface area contributed by atoms with Gasteiger partial charge in [-0.2, -0.15) is 5.26 Å². The molecule has 182 valence electrons. The van der Waals surface area contributed by atoms with Crippen molar-refractivity contribution in [2.75, 3.05) is 29.0 Å². The molecule has 36 heavy (non-hydrogen) atoms. The number of nitrogens with zero attached hydrogens (tertiary/aromatic N) is 3. The number of carbonyl (C=O) groups is 2. The van der Waals surface area contributed by atoms with Crippen LogP contribution >= 0.6 is 0 Å². The van der Waals surface area contributed by atoms with Crippen molar-refractivity contribution in [3.63, 3.8) is 0 Å². The Kier molecular flexibility index (Phi) is 6.12. The van der Waals surface area contributed by atoms with Gasteiger partial charge in [-0.25, -0.2) is 14.0 Å². The number of benzene rings is 2. The zero-order chi connectivity index (χ0) is 25.2. The van der Waals surface area contributed by atoms with E-state index in [9.17, 15) is 18.8 Å². The number of fused-ring (bicyclic) bond motifs is 4. The summed E-state index contributed by atoms with van der Waals surface area (Å²) in [5.41, 5.74) is 2.04. The van der Waals surface area contributed by atoms with E-state index in [1.807, 2.05) is 12.1 Å². The molecule has 2 bridgehead atoms. The summed E-state index contributed by atoms with van der Waals surface area (Å²) in [4.78, 5) is 40.2. The number of halogens is 1. The van der Waals surface area contributed by atoms with Gasteiger partial charge in [0, 0.05) is 42.6 Å². The highest BCUT2D eigenvalue weighted by Crippen LogP contribution is 2.35. The van der Waals surface area contributed by atoms with Crippen LogP contribution in [0.25, 0.3) is 0 Å². The van der Waals surface area contributed by atoms with Crippen LogP contribution in [0.2, 0.25) is 0 Å². The van der Waals surface area contributed by atoms with Crippen LogP contribution in [0.1, 0.15) is 23.6 Å². The first kappa shape index (κ1) is 23.1. The third-order valence-corrected chi connectivity index (χ3v) is 6.48. The fourth-order valence-electron chi connectivity index (χ4n) is 4.89. The largest absolute Gasteiger partial charge is 0.324 e. The van der Waals surface area contributed by atoms with E-state index in [0.717, 1.165) is 12.1 Å². The van der Waals surface area contributed by atoms with E-state index >= 15 is 0 Å². The molecule has 0 spiro atoms. The maximum Gasteiger partial charge on any atom is 0.323 e. The Morgan fingerprint density at radius 1 is 0.944 bits per heavy atom. The van der Waals surface area contributed by atoms with Crippen LogP contribution in [-0.4, -0.2) is 34.6 Å². The molecule has 1 aromatic heterocycles. The zero-order valence-electron chi connectivity index (χ0n) is 19.2. The van der Waals surface area contributed by atoms with Crippen molar-refractivity contribution in [2.45, 2.75) is 18.9 Å². The Balaban J connectivity index is 1.28. The van der Waals surface area contributed by atoms with Crippen LogP contribution in [0.15, 0.2) is 65.5 Å². The molecule has 3 heterocycles. The smallest absolute Gasteiger partial charge is 0.323 e. The molecule has 3 N–H and O–H groups in total. The Labute approximate surface area is 206 Å². The molecule has 3 aromatic rings. The van der Waals surface area contributed by atoms with Gasteiger partial charge in [0.25, 0.3) is 5.56 Å². The van der Waals surface area contributed by atoms with Gasteiger partial charge in [-0.1, -0.05) is 6.07 Å². The average molecular weight is 487 g/mol. The molecule has 0 saturated carbocycles. The lowest BCUT2D eigenvalue weighted by molar-refractivity contribution is 0.139. The number of urea groups is 2. The number of rotatable bonds is 3. The van der Waals surface area contributed by atoms with Gasteiger partial charge >= 0.3 is 12.1 Å². The first-order chi connectivity index (χ1) is 17.4. The lowest BCUT2D eigenvalue weighted by atomic mass is 9.83. The molecule has 9 nitrogen and oxygen atoms in total. The molecule has 1 saturated heterocycles. The van der Waals surface area contributed by atoms with Gasteiger partial charge in [0.05, 0.1) is 11.6 Å². The van der Waals surface area contributed by atoms with E-state index in [1.54, 1.807) is 39.8 Å². The highest BCUT2D eigenvalue weighted by molar-refractivity contribution is 5.99. The van der Waals surface area contributed by atoms with E-state index in [2.05, 4.69) is 16.0 Å². The van der Waals surface area contributed by atoms with Crippen molar-refractivity contribution >= 4 is 29.1 Å². The summed E-state index contributed by atoms with van der Waals surface area (Å²) >= 11 is 0. The first-order valence-corrected chi connectivity index (χ1v) is 11.5. The first-order valence-electron chi connectivity index (χ1n) is 11.5. The summed E-state index contributed by atoms with van der Waals surface area (Å²) in [6.45, 7) is 1.38. The van der Waals surface area contributed by atoms with Gasteiger partial charge in [0.1, 0.15) is 11.5 Å². The summed E-state index contributed by atoms with van der Waals surface area (Å²) in [5, 5.41) is 17.0. The van der Waals surface area contributed by atoms with Crippen molar-refractivity contribution in [1.29, 1.82) is 5.26 Å². The van der Waals surface area contributed by atoms with Crippen LogP contribution in [-0.2, 0) is 6.54 Å². The average Bonchev–Trinajstić information content (AvgIpc) is 2.87. The second kappa shape index (κ2) is 9.54. The van der Waals surface area contributed by atoms with Crippen LogP contribution in [0.5, 0.6) is 0 Å². The molecule has 2 aliphatic rings. The normalized spacial score (nSPS) is 17.9. The molecule has 10 heteroatoms. The van der Waals surface area contributed by atoms with E-state index in [-0.39, 0.29) is 34.9 Å². The number of hydrogen-bond acceptors (Lipinski definition) is 4. The predicted molar refractivity (Wildman–Crippen MR) is 132 cm³/mol. The third-order valence-electron chi connectivity index (χ3n) is 6.48. The van der Waals surface area contributed by atoms with Crippen molar-refractivity contribution in [3.8, 4) is 6.07 Å². The topological polar surface area (TPSA) is 119 Å². The molecule has 2 aromatic carbocycles. The Bertz CT molecular complexity index is 1430. The minimum Gasteiger partial charge on any atom is -0.324 e. The van der Waals surface area contributed by atoms with Crippen molar-refractivity contribution in [1.82, 2.24) is 9.47 Å². The second-order valence-corrected chi connectivity index (χ2v) is 9.00. The zero-order valence-corrected chi connectivity index (χ0v) is 19.2. The molecule has 5 rings (SSSR count). The van der Waals surface area contributed by atoms with Crippen LogP contribution in [0.3, 0.4) is 0 Å². The lowest BCUT2D eigenvalue weighted by Gasteiger charge is -2.42. The molecule has 1 fully saturated rings. The van der Waals surface area contributed by atoms with E-state index in [0.29, 0.717) is 36.6 Å². The van der Waals surface area contributed by atoms with Gasteiger partial charge in [-0.3, -0.25) is 4.79 Å². The van der Waals surface area contributed by atoms with Gasteiger partial charge in [0.2, 0.25) is 0 Å². The summed E-state index contributed by atoms with van der Waals surface area (Å²) in [7, 11) is 0. The molecule has 0 unspecified atom stereocenters. The quantitative estimate of drug-likeness (QED) is 0.515. The lowest BCUT2D eigenvalue weighted by Crippen LogP contribution is -2.50. The fourth-order valence-corrected chi connectivity index (χ4v) is 4.89. The number of anilines is 3. The molecule has 0 radical (unpaired) electrons. The number of hydrogen-bond donors (Lipinski definition) is 3. The van der Waals surface area contributed by atoms with Crippen LogP contribution < -0.4 is 21.5 Å². The summed E-state index contributed by atoms with van der Waals surface area (Å²) in [6.07, 6.45) is 0.863. The maximum atomic E-state index is 13.2. The van der Waals surface area contributed by atoms with E-state index in [1.165, 1.54) is 24.3 Å². The number of pyridine rings is 1. The number of likely N-dealkylation sites (tertiary alicyclic amines) is 1. The van der Waals surface area contributed by atoms with Gasteiger partial charge in [0.15, 0.2) is 0 Å². The highest BCUT2D eigenvalue weighted by atomic mass is 19.1. The highest BCUT2D eigenvalue weighted by Gasteiger charge is 2.36. The van der Waals surface area contributed by atoms with Crippen molar-refractivity contribution < 1.29 is 14.0 Å². The minimum absolute atomic E-state index is 0.0132. The van der Waals surface area contributed by atoms with Gasteiger partial charge in [-0.15, -0.1) is 0 Å². The fraction of sp³-hybridized carbons (Fsp3) is 0.231. The number of nitrogens with one attached hydrogen (secondary N) is 3. The molecule has 2 atom stereocenters. The number of amides is 4. The molecular weight excluding hydrogens is 463 g/mol. The molecular formula is C26H23FN6O3. The Hall–Kier alpha value is -4.65. The maximum absolute atomic E-state index is 13.2. The molecule has 4 amide bonds. The molecule has 0 aliphatic carbocycles. The summed E-state index contributed by atoms with van der Waals surface area (Å²) in [5.74, 6) is -0.298. The number of aromatic nitrogens is 1. The number of piperidine rings is 1. The van der Waals surface area contributed by atoms with Gasteiger partial charge < -0.3 is 25.4 Å². The van der Waals surface area contributed by atoms with E-state index in [4.69, 9.17) is 5.26 Å². The van der Waals surface area contributed by atoms with Crippen molar-refractivity contribution in [2.24, 2.45) is 5.92 Å². The number of carbonyl (C=O) groups excluding carboxylic acids is 2. The SMILES string of the molecule is N#Cc1cccc(NC(=O)Nc2ccc3n(c2=O)C[C@H]2C[C@@H]3CN(C(=O)Nc3ccc(F)cc3)C2)c1.